The molecular formula is C19H19NO3S. The quantitative estimate of drug-likeness (QED) is 0.728. The van der Waals surface area contributed by atoms with Gasteiger partial charge in [0.1, 0.15) is 5.78 Å². The van der Waals surface area contributed by atoms with Crippen LogP contribution in [0.4, 0.5) is 0 Å². The minimum absolute atomic E-state index is 0.0742. The molecule has 124 valence electrons. The highest BCUT2D eigenvalue weighted by Gasteiger charge is 2.23. The van der Waals surface area contributed by atoms with Gasteiger partial charge in [-0.25, -0.2) is 12.4 Å². The van der Waals surface area contributed by atoms with Crippen LogP contribution in [-0.2, 0) is 21.2 Å². The number of benzene rings is 2. The molecule has 4 nitrogen and oxygen atoms in total. The molecule has 1 heterocycles. The second-order valence-electron chi connectivity index (χ2n) is 6.16. The number of hydrogen-bond donors (Lipinski definition) is 0. The number of hydrogen-bond acceptors (Lipinski definition) is 3. The van der Waals surface area contributed by atoms with Gasteiger partial charge >= 0.3 is 0 Å². The lowest BCUT2D eigenvalue weighted by molar-refractivity contribution is -0.116. The highest BCUT2D eigenvalue weighted by atomic mass is 32.2. The van der Waals surface area contributed by atoms with Crippen LogP contribution in [0, 0.1) is 13.8 Å². The van der Waals surface area contributed by atoms with Crippen molar-refractivity contribution in [3.05, 3.63) is 65.4 Å². The first-order valence-corrected chi connectivity index (χ1v) is 9.16. The summed E-state index contributed by atoms with van der Waals surface area (Å²) in [4.78, 5) is 11.8. The summed E-state index contributed by atoms with van der Waals surface area (Å²) < 4.78 is 27.7. The third-order valence-corrected chi connectivity index (χ3v) is 5.76. The third-order valence-electron chi connectivity index (χ3n) is 3.98. The van der Waals surface area contributed by atoms with Crippen LogP contribution in [-0.4, -0.2) is 18.2 Å². The van der Waals surface area contributed by atoms with Crippen molar-refractivity contribution in [2.45, 2.75) is 32.1 Å². The van der Waals surface area contributed by atoms with E-state index in [4.69, 9.17) is 0 Å². The van der Waals surface area contributed by atoms with E-state index in [2.05, 4.69) is 0 Å². The van der Waals surface area contributed by atoms with Gasteiger partial charge in [-0.3, -0.25) is 4.79 Å². The highest BCUT2D eigenvalue weighted by molar-refractivity contribution is 7.90. The lowest BCUT2D eigenvalue weighted by Crippen LogP contribution is -2.17. The molecule has 0 N–H and O–H groups in total. The van der Waals surface area contributed by atoms with Crippen molar-refractivity contribution in [2.75, 3.05) is 0 Å². The molecule has 0 saturated carbocycles. The number of nitrogens with zero attached hydrogens (tertiary/aromatic N) is 1. The third kappa shape index (κ3) is 2.87. The van der Waals surface area contributed by atoms with Gasteiger partial charge in [0.15, 0.2) is 0 Å². The average molecular weight is 341 g/mol. The molecule has 0 unspecified atom stereocenters. The van der Waals surface area contributed by atoms with Crippen molar-refractivity contribution in [1.82, 2.24) is 3.97 Å². The molecule has 0 bridgehead atoms. The van der Waals surface area contributed by atoms with Gasteiger partial charge in [-0.05, 0) is 50.6 Å². The van der Waals surface area contributed by atoms with Crippen LogP contribution in [0.15, 0.2) is 53.4 Å². The first-order chi connectivity index (χ1) is 11.3. The zero-order valence-electron chi connectivity index (χ0n) is 13.9. The molecule has 0 fully saturated rings. The summed E-state index contributed by atoms with van der Waals surface area (Å²) in [6.07, 6.45) is 0.0822. The van der Waals surface area contributed by atoms with Crippen molar-refractivity contribution in [3.8, 4) is 0 Å². The first-order valence-electron chi connectivity index (χ1n) is 7.72. The number of aromatic nitrogens is 1. The topological polar surface area (TPSA) is 56.1 Å². The fraction of sp³-hybridized carbons (Fsp3) is 0.211. The van der Waals surface area contributed by atoms with E-state index in [9.17, 15) is 13.2 Å². The summed E-state index contributed by atoms with van der Waals surface area (Å²) >= 11 is 0. The van der Waals surface area contributed by atoms with Crippen molar-refractivity contribution >= 4 is 26.7 Å². The maximum absolute atomic E-state index is 13.2. The number of aryl methyl sites for hydroxylation is 2. The second kappa shape index (κ2) is 5.91. The van der Waals surface area contributed by atoms with Gasteiger partial charge in [0.25, 0.3) is 10.0 Å². The SMILES string of the molecule is CC(=O)Cc1cc2ccc(C)cc2n1S(=O)(=O)c1ccc(C)cc1. The monoisotopic (exact) mass is 341 g/mol. The van der Waals surface area contributed by atoms with Crippen LogP contribution >= 0.6 is 0 Å². The number of carbonyl (C=O) groups is 1. The van der Waals surface area contributed by atoms with Gasteiger partial charge in [0, 0.05) is 17.5 Å². The van der Waals surface area contributed by atoms with E-state index in [1.54, 1.807) is 30.3 Å². The van der Waals surface area contributed by atoms with Gasteiger partial charge in [-0.2, -0.15) is 0 Å². The van der Waals surface area contributed by atoms with Crippen LogP contribution < -0.4 is 0 Å². The molecule has 0 saturated heterocycles. The lowest BCUT2D eigenvalue weighted by atomic mass is 10.2. The fourth-order valence-electron chi connectivity index (χ4n) is 2.82. The molecule has 0 aliphatic carbocycles. The molecule has 0 spiro atoms. The number of carbonyl (C=O) groups excluding carboxylic acids is 1. The molecule has 0 radical (unpaired) electrons. The van der Waals surface area contributed by atoms with Crippen LogP contribution in [0.1, 0.15) is 23.7 Å². The van der Waals surface area contributed by atoms with Crippen molar-refractivity contribution in [2.24, 2.45) is 0 Å². The molecule has 5 heteroatoms. The summed E-state index contributed by atoms with van der Waals surface area (Å²) in [7, 11) is -3.77. The largest absolute Gasteiger partial charge is 0.300 e. The Morgan fingerprint density at radius 1 is 0.958 bits per heavy atom. The molecule has 0 aliphatic rings. The van der Waals surface area contributed by atoms with E-state index in [0.717, 1.165) is 16.5 Å². The Hall–Kier alpha value is -2.40. The number of ketones is 1. The summed E-state index contributed by atoms with van der Waals surface area (Å²) in [6, 6.07) is 14.2. The van der Waals surface area contributed by atoms with Crippen molar-refractivity contribution in [1.29, 1.82) is 0 Å². The van der Waals surface area contributed by atoms with E-state index in [-0.39, 0.29) is 17.1 Å². The predicted molar refractivity (Wildman–Crippen MR) is 94.8 cm³/mol. The average Bonchev–Trinajstić information content (AvgIpc) is 2.84. The standard InChI is InChI=1S/C19H19NO3S/c1-13-5-8-18(9-6-13)24(22,23)20-17(11-15(3)21)12-16-7-4-14(2)10-19(16)20/h4-10,12H,11H2,1-3H3. The van der Waals surface area contributed by atoms with E-state index < -0.39 is 10.0 Å². The number of fused-ring (bicyclic) bond motifs is 1. The second-order valence-corrected chi connectivity index (χ2v) is 7.95. The zero-order valence-corrected chi connectivity index (χ0v) is 14.7. The highest BCUT2D eigenvalue weighted by Crippen LogP contribution is 2.27. The Labute approximate surface area is 141 Å². The maximum atomic E-state index is 13.2. The van der Waals surface area contributed by atoms with Gasteiger partial charge in [0.05, 0.1) is 10.4 Å². The molecule has 0 atom stereocenters. The summed E-state index contributed by atoms with van der Waals surface area (Å²) in [5.41, 5.74) is 3.05. The summed E-state index contributed by atoms with van der Waals surface area (Å²) in [6.45, 7) is 5.29. The minimum atomic E-state index is -3.77. The van der Waals surface area contributed by atoms with Crippen molar-refractivity contribution < 1.29 is 13.2 Å². The Morgan fingerprint density at radius 2 is 1.58 bits per heavy atom. The molecule has 0 aliphatic heterocycles. The van der Waals surface area contributed by atoms with Crippen LogP contribution in [0.2, 0.25) is 0 Å². The van der Waals surface area contributed by atoms with E-state index >= 15 is 0 Å². The number of rotatable bonds is 4. The molecule has 1 aromatic heterocycles. The summed E-state index contributed by atoms with van der Waals surface area (Å²) in [5, 5.41) is 0.813. The Morgan fingerprint density at radius 3 is 2.21 bits per heavy atom. The fourth-order valence-corrected chi connectivity index (χ4v) is 4.36. The summed E-state index contributed by atoms with van der Waals surface area (Å²) in [5.74, 6) is -0.0742. The van der Waals surface area contributed by atoms with Gasteiger partial charge in [0.2, 0.25) is 0 Å². The molecule has 3 rings (SSSR count). The van der Waals surface area contributed by atoms with Crippen molar-refractivity contribution in [3.63, 3.8) is 0 Å². The Balaban J connectivity index is 2.31. The van der Waals surface area contributed by atoms with Gasteiger partial charge < -0.3 is 0 Å². The smallest absolute Gasteiger partial charge is 0.268 e. The van der Waals surface area contributed by atoms with Gasteiger partial charge in [-0.1, -0.05) is 29.8 Å². The molecule has 2 aromatic carbocycles. The molecule has 0 amide bonds. The van der Waals surface area contributed by atoms with E-state index in [1.807, 2.05) is 32.0 Å². The van der Waals surface area contributed by atoms with Crippen LogP contribution in [0.3, 0.4) is 0 Å². The molecule has 24 heavy (non-hydrogen) atoms. The van der Waals surface area contributed by atoms with Crippen LogP contribution in [0.5, 0.6) is 0 Å². The van der Waals surface area contributed by atoms with E-state index in [1.165, 1.54) is 10.9 Å². The first kappa shape index (κ1) is 16.5. The van der Waals surface area contributed by atoms with E-state index in [0.29, 0.717) is 11.2 Å². The predicted octanol–water partition coefficient (Wildman–Crippen LogP) is 3.63. The lowest BCUT2D eigenvalue weighted by Gasteiger charge is -2.12. The zero-order chi connectivity index (χ0) is 17.5. The minimum Gasteiger partial charge on any atom is -0.300 e. The Bertz CT molecular complexity index is 1030. The van der Waals surface area contributed by atoms with Crippen LogP contribution in [0.25, 0.3) is 10.9 Å². The Kier molecular flexibility index (Phi) is 4.05. The normalized spacial score (nSPS) is 11.8. The van der Waals surface area contributed by atoms with Gasteiger partial charge in [-0.15, -0.1) is 0 Å². The number of Topliss-reactive ketones (excluding diaryl/α,β-unsaturated/α-hetero) is 1. The molecule has 3 aromatic rings. The molecular weight excluding hydrogens is 322 g/mol. The maximum Gasteiger partial charge on any atom is 0.268 e.